The third-order valence-electron chi connectivity index (χ3n) is 1.52. The lowest BCUT2D eigenvalue weighted by Gasteiger charge is -2.05. The number of halogens is 2. The molecule has 68 valence electrons. The topological polar surface area (TPSA) is 64.2 Å². The van der Waals surface area contributed by atoms with Crippen molar-refractivity contribution < 1.29 is 14.6 Å². The minimum atomic E-state index is -0.951. The number of nitrogens with zero attached hydrogens (tertiary/aromatic N) is 1. The molecular formula is C8H5ClFNO2. The van der Waals surface area contributed by atoms with Gasteiger partial charge in [0.15, 0.2) is 11.6 Å². The van der Waals surface area contributed by atoms with Gasteiger partial charge in [-0.2, -0.15) is 5.26 Å². The highest BCUT2D eigenvalue weighted by Crippen LogP contribution is 2.37. The maximum atomic E-state index is 12.8. The molecule has 0 heterocycles. The average molecular weight is 202 g/mol. The Morgan fingerprint density at radius 1 is 1.46 bits per heavy atom. The second-order valence-electron chi connectivity index (χ2n) is 2.36. The SMILES string of the molecule is N#CCc1cc(F)c(O)c(Cl)c1O. The van der Waals surface area contributed by atoms with Crippen molar-refractivity contribution in [3.05, 3.63) is 22.5 Å². The van der Waals surface area contributed by atoms with Gasteiger partial charge in [0.1, 0.15) is 10.8 Å². The van der Waals surface area contributed by atoms with E-state index in [0.29, 0.717) is 0 Å². The van der Waals surface area contributed by atoms with Crippen molar-refractivity contribution in [2.45, 2.75) is 6.42 Å². The molecule has 0 aliphatic rings. The molecule has 1 aromatic rings. The fraction of sp³-hybridized carbons (Fsp3) is 0.125. The van der Waals surface area contributed by atoms with Crippen LogP contribution in [0.15, 0.2) is 6.07 Å². The zero-order chi connectivity index (χ0) is 10.0. The molecule has 0 aromatic heterocycles. The molecule has 0 saturated carbocycles. The summed E-state index contributed by atoms with van der Waals surface area (Å²) in [7, 11) is 0. The summed E-state index contributed by atoms with van der Waals surface area (Å²) < 4.78 is 12.8. The number of phenolic OH excluding ortho intramolecular Hbond substituents is 2. The Morgan fingerprint density at radius 3 is 2.62 bits per heavy atom. The van der Waals surface area contributed by atoms with Crippen LogP contribution < -0.4 is 0 Å². The van der Waals surface area contributed by atoms with Crippen LogP contribution in [0.1, 0.15) is 5.56 Å². The van der Waals surface area contributed by atoms with E-state index in [1.807, 2.05) is 0 Å². The van der Waals surface area contributed by atoms with Crippen LogP contribution in [0.3, 0.4) is 0 Å². The minimum absolute atomic E-state index is 0.0581. The molecule has 0 atom stereocenters. The molecule has 3 nitrogen and oxygen atoms in total. The van der Waals surface area contributed by atoms with Gasteiger partial charge in [-0.25, -0.2) is 4.39 Å². The van der Waals surface area contributed by atoms with E-state index in [2.05, 4.69) is 0 Å². The van der Waals surface area contributed by atoms with E-state index in [1.54, 1.807) is 6.07 Å². The molecule has 0 radical (unpaired) electrons. The normalized spacial score (nSPS) is 9.62. The van der Waals surface area contributed by atoms with Crippen molar-refractivity contribution in [1.29, 1.82) is 5.26 Å². The van der Waals surface area contributed by atoms with Crippen LogP contribution in [0.25, 0.3) is 0 Å². The van der Waals surface area contributed by atoms with E-state index in [0.717, 1.165) is 6.07 Å². The molecule has 0 amide bonds. The van der Waals surface area contributed by atoms with E-state index in [-0.39, 0.29) is 12.0 Å². The third kappa shape index (κ3) is 1.65. The fourth-order valence-electron chi connectivity index (χ4n) is 0.868. The second kappa shape index (κ2) is 3.50. The van der Waals surface area contributed by atoms with Gasteiger partial charge in [-0.05, 0) is 6.07 Å². The Kier molecular flexibility index (Phi) is 2.59. The van der Waals surface area contributed by atoms with Crippen LogP contribution in [-0.4, -0.2) is 10.2 Å². The minimum Gasteiger partial charge on any atom is -0.506 e. The van der Waals surface area contributed by atoms with E-state index < -0.39 is 22.3 Å². The molecule has 1 rings (SSSR count). The fourth-order valence-corrected chi connectivity index (χ4v) is 1.08. The summed E-state index contributed by atoms with van der Waals surface area (Å²) in [5, 5.41) is 26.0. The van der Waals surface area contributed by atoms with Crippen molar-refractivity contribution in [3.63, 3.8) is 0 Å². The van der Waals surface area contributed by atoms with Crippen molar-refractivity contribution in [1.82, 2.24) is 0 Å². The summed E-state index contributed by atoms with van der Waals surface area (Å²) in [6.45, 7) is 0. The van der Waals surface area contributed by atoms with Crippen LogP contribution in [0.2, 0.25) is 5.02 Å². The third-order valence-corrected chi connectivity index (χ3v) is 1.87. The zero-order valence-electron chi connectivity index (χ0n) is 6.38. The Hall–Kier alpha value is -1.47. The number of nitriles is 1. The molecule has 5 heteroatoms. The van der Waals surface area contributed by atoms with E-state index in [9.17, 15) is 9.50 Å². The summed E-state index contributed by atoms with van der Waals surface area (Å²) in [6, 6.07) is 2.61. The first kappa shape index (κ1) is 9.62. The standard InChI is InChI=1S/C8H5ClFNO2/c9-6-7(12)4(1-2-11)3-5(10)8(6)13/h3,12-13H,1H2. The molecule has 0 aliphatic heterocycles. The smallest absolute Gasteiger partial charge is 0.174 e. The number of aromatic hydroxyl groups is 2. The highest BCUT2D eigenvalue weighted by atomic mass is 35.5. The van der Waals surface area contributed by atoms with Crippen LogP contribution in [0.5, 0.6) is 11.5 Å². The summed E-state index contributed by atoms with van der Waals surface area (Å²) in [5.74, 6) is -2.21. The predicted molar refractivity (Wildman–Crippen MR) is 44.1 cm³/mol. The molecule has 0 fully saturated rings. The summed E-state index contributed by atoms with van der Waals surface area (Å²) in [4.78, 5) is 0. The van der Waals surface area contributed by atoms with E-state index in [1.165, 1.54) is 0 Å². The van der Waals surface area contributed by atoms with Gasteiger partial charge >= 0.3 is 0 Å². The number of hydrogen-bond acceptors (Lipinski definition) is 3. The number of benzene rings is 1. The van der Waals surface area contributed by atoms with Crippen molar-refractivity contribution >= 4 is 11.6 Å². The Balaban J connectivity index is 3.34. The highest BCUT2D eigenvalue weighted by molar-refractivity contribution is 6.33. The molecule has 0 aliphatic carbocycles. The van der Waals surface area contributed by atoms with Crippen LogP contribution >= 0.6 is 11.6 Å². The van der Waals surface area contributed by atoms with Crippen molar-refractivity contribution in [3.8, 4) is 17.6 Å². The summed E-state index contributed by atoms with van der Waals surface area (Å²) >= 11 is 5.37. The van der Waals surface area contributed by atoms with Crippen LogP contribution in [0, 0.1) is 17.1 Å². The number of rotatable bonds is 1. The largest absolute Gasteiger partial charge is 0.506 e. The first-order valence-electron chi connectivity index (χ1n) is 3.33. The predicted octanol–water partition coefficient (Wildman–Crippen LogP) is 1.96. The average Bonchev–Trinajstić information content (AvgIpc) is 2.11. The summed E-state index contributed by atoms with van der Waals surface area (Å²) in [6.07, 6.45) is -0.164. The second-order valence-corrected chi connectivity index (χ2v) is 2.74. The van der Waals surface area contributed by atoms with Gasteiger partial charge in [0.05, 0.1) is 12.5 Å². The Morgan fingerprint density at radius 2 is 2.08 bits per heavy atom. The van der Waals surface area contributed by atoms with Gasteiger partial charge in [-0.15, -0.1) is 0 Å². The zero-order valence-corrected chi connectivity index (χ0v) is 7.14. The lowest BCUT2D eigenvalue weighted by Crippen LogP contribution is -1.88. The molecule has 0 saturated heterocycles. The molecule has 0 unspecified atom stereocenters. The highest BCUT2D eigenvalue weighted by Gasteiger charge is 2.15. The monoisotopic (exact) mass is 201 g/mol. The molecule has 0 spiro atoms. The first-order valence-corrected chi connectivity index (χ1v) is 3.71. The van der Waals surface area contributed by atoms with Gasteiger partial charge in [-0.3, -0.25) is 0 Å². The maximum Gasteiger partial charge on any atom is 0.174 e. The molecule has 13 heavy (non-hydrogen) atoms. The number of hydrogen-bond donors (Lipinski definition) is 2. The lowest BCUT2D eigenvalue weighted by atomic mass is 10.1. The van der Waals surface area contributed by atoms with Gasteiger partial charge in [0.2, 0.25) is 0 Å². The van der Waals surface area contributed by atoms with Crippen LogP contribution in [0.4, 0.5) is 4.39 Å². The quantitative estimate of drug-likeness (QED) is 0.730. The van der Waals surface area contributed by atoms with E-state index in [4.69, 9.17) is 22.0 Å². The number of phenols is 2. The van der Waals surface area contributed by atoms with Crippen molar-refractivity contribution in [2.24, 2.45) is 0 Å². The molecular weight excluding hydrogens is 197 g/mol. The Labute approximate surface area is 78.6 Å². The first-order chi connectivity index (χ1) is 6.07. The van der Waals surface area contributed by atoms with Gasteiger partial charge in [0, 0.05) is 5.56 Å². The van der Waals surface area contributed by atoms with Crippen molar-refractivity contribution in [2.75, 3.05) is 0 Å². The lowest BCUT2D eigenvalue weighted by molar-refractivity contribution is 0.417. The van der Waals surface area contributed by atoms with Crippen LogP contribution in [-0.2, 0) is 6.42 Å². The summed E-state index contributed by atoms with van der Waals surface area (Å²) in [5.41, 5.74) is 0.0581. The molecule has 0 bridgehead atoms. The van der Waals surface area contributed by atoms with Gasteiger partial charge < -0.3 is 10.2 Å². The van der Waals surface area contributed by atoms with Gasteiger partial charge in [0.25, 0.3) is 0 Å². The molecule has 1 aromatic carbocycles. The van der Waals surface area contributed by atoms with Gasteiger partial charge in [-0.1, -0.05) is 11.6 Å². The Bertz CT molecular complexity index is 387. The molecule has 2 N–H and O–H groups in total. The van der Waals surface area contributed by atoms with E-state index >= 15 is 0 Å². The maximum absolute atomic E-state index is 12.8.